The Balaban J connectivity index is 2.92. The first-order valence-electron chi connectivity index (χ1n) is 5.54. The van der Waals surface area contributed by atoms with Crippen LogP contribution in [-0.2, 0) is 7.05 Å². The van der Waals surface area contributed by atoms with Gasteiger partial charge < -0.3 is 19.8 Å². The summed E-state index contributed by atoms with van der Waals surface area (Å²) in [4.78, 5) is 23.4. The number of fused-ring (bicyclic) bond motifs is 1. The topological polar surface area (TPSA) is 83.5 Å². The summed E-state index contributed by atoms with van der Waals surface area (Å²) < 4.78 is 12.0. The van der Waals surface area contributed by atoms with E-state index in [9.17, 15) is 9.59 Å². The van der Waals surface area contributed by atoms with Crippen molar-refractivity contribution in [1.29, 1.82) is 0 Å². The minimum Gasteiger partial charge on any atom is -0.493 e. The van der Waals surface area contributed by atoms with Gasteiger partial charge in [0, 0.05) is 19.3 Å². The van der Waals surface area contributed by atoms with Gasteiger partial charge >= 0.3 is 0 Å². The molecular weight excluding hydrogens is 248 g/mol. The highest BCUT2D eigenvalue weighted by atomic mass is 16.5. The van der Waals surface area contributed by atoms with Crippen LogP contribution in [0, 0.1) is 0 Å². The van der Waals surface area contributed by atoms with E-state index in [1.807, 2.05) is 0 Å². The van der Waals surface area contributed by atoms with Crippen molar-refractivity contribution < 1.29 is 14.3 Å². The third kappa shape index (κ3) is 2.01. The van der Waals surface area contributed by atoms with Gasteiger partial charge in [0.2, 0.25) is 5.43 Å². The minimum atomic E-state index is -0.753. The third-order valence-electron chi connectivity index (χ3n) is 2.96. The number of hydrogen-bond acceptors (Lipinski definition) is 4. The molecule has 19 heavy (non-hydrogen) atoms. The lowest BCUT2D eigenvalue weighted by molar-refractivity contribution is 0.0999. The van der Waals surface area contributed by atoms with Gasteiger partial charge in [-0.3, -0.25) is 9.59 Å². The number of aromatic nitrogens is 1. The highest BCUT2D eigenvalue weighted by molar-refractivity contribution is 5.96. The molecule has 0 spiro atoms. The Labute approximate surface area is 109 Å². The molecule has 0 radical (unpaired) electrons. The van der Waals surface area contributed by atoms with Gasteiger partial charge in [-0.25, -0.2) is 0 Å². The summed E-state index contributed by atoms with van der Waals surface area (Å²) in [5, 5.41) is 0.358. The van der Waals surface area contributed by atoms with Gasteiger partial charge in [-0.1, -0.05) is 0 Å². The summed E-state index contributed by atoms with van der Waals surface area (Å²) >= 11 is 0. The summed E-state index contributed by atoms with van der Waals surface area (Å²) in [6, 6.07) is 3.23. The first kappa shape index (κ1) is 12.9. The highest BCUT2D eigenvalue weighted by Gasteiger charge is 2.15. The Morgan fingerprint density at radius 3 is 2.32 bits per heavy atom. The van der Waals surface area contributed by atoms with Gasteiger partial charge in [-0.05, 0) is 6.07 Å². The van der Waals surface area contributed by atoms with Gasteiger partial charge in [0.25, 0.3) is 5.91 Å². The quantitative estimate of drug-likeness (QED) is 0.880. The summed E-state index contributed by atoms with van der Waals surface area (Å²) in [6.45, 7) is 0. The Kier molecular flexibility index (Phi) is 3.16. The van der Waals surface area contributed by atoms with Crippen LogP contribution >= 0.6 is 0 Å². The van der Waals surface area contributed by atoms with Crippen molar-refractivity contribution in [3.05, 3.63) is 34.1 Å². The Hall–Kier alpha value is -2.50. The first-order valence-corrected chi connectivity index (χ1v) is 5.54. The molecule has 1 heterocycles. The lowest BCUT2D eigenvalue weighted by Crippen LogP contribution is -2.23. The molecule has 0 unspecified atom stereocenters. The standard InChI is InChI=1S/C13H14N2O4/c1-15-6-8(13(14)17)12(16)7-4-10(18-2)11(19-3)5-9(7)15/h4-6H,1-3H3,(H2,14,17). The average molecular weight is 262 g/mol. The second kappa shape index (κ2) is 4.64. The molecule has 1 amide bonds. The highest BCUT2D eigenvalue weighted by Crippen LogP contribution is 2.30. The summed E-state index contributed by atoms with van der Waals surface area (Å²) in [6.07, 6.45) is 1.42. The zero-order valence-corrected chi connectivity index (χ0v) is 10.9. The predicted octanol–water partition coefficient (Wildman–Crippen LogP) is 0.655. The fourth-order valence-corrected chi connectivity index (χ4v) is 1.98. The number of benzene rings is 1. The molecule has 100 valence electrons. The number of carbonyl (C=O) groups excluding carboxylic acids is 1. The van der Waals surface area contributed by atoms with E-state index < -0.39 is 11.3 Å². The van der Waals surface area contributed by atoms with Crippen molar-refractivity contribution in [1.82, 2.24) is 4.57 Å². The summed E-state index contributed by atoms with van der Waals surface area (Å²) in [5.74, 6) is 0.183. The number of pyridine rings is 1. The van der Waals surface area contributed by atoms with Crippen LogP contribution in [0.2, 0.25) is 0 Å². The van der Waals surface area contributed by atoms with E-state index in [1.165, 1.54) is 20.4 Å². The molecule has 2 rings (SSSR count). The number of hydrogen-bond donors (Lipinski definition) is 1. The molecule has 0 aliphatic carbocycles. The number of rotatable bonds is 3. The molecule has 0 aliphatic heterocycles. The maximum absolute atomic E-state index is 12.2. The Morgan fingerprint density at radius 2 is 1.79 bits per heavy atom. The molecule has 0 fully saturated rings. The van der Waals surface area contributed by atoms with Crippen LogP contribution in [0.3, 0.4) is 0 Å². The monoisotopic (exact) mass is 262 g/mol. The number of nitrogens with zero attached hydrogens (tertiary/aromatic N) is 1. The van der Waals surface area contributed by atoms with Crippen LogP contribution in [0.1, 0.15) is 10.4 Å². The third-order valence-corrected chi connectivity index (χ3v) is 2.96. The molecule has 6 nitrogen and oxygen atoms in total. The molecule has 0 aliphatic rings. The van der Waals surface area contributed by atoms with Gasteiger partial charge in [-0.2, -0.15) is 0 Å². The zero-order chi connectivity index (χ0) is 14.2. The largest absolute Gasteiger partial charge is 0.493 e. The van der Waals surface area contributed by atoms with E-state index >= 15 is 0 Å². The van der Waals surface area contributed by atoms with Crippen LogP contribution in [0.4, 0.5) is 0 Å². The van der Waals surface area contributed by atoms with Crippen LogP contribution < -0.4 is 20.6 Å². The van der Waals surface area contributed by atoms with Gasteiger partial charge in [0.1, 0.15) is 5.56 Å². The van der Waals surface area contributed by atoms with E-state index in [4.69, 9.17) is 15.2 Å². The smallest absolute Gasteiger partial charge is 0.254 e. The van der Waals surface area contributed by atoms with Gasteiger partial charge in [0.15, 0.2) is 11.5 Å². The number of carbonyl (C=O) groups is 1. The molecule has 2 N–H and O–H groups in total. The molecule has 2 aromatic rings. The molecular formula is C13H14N2O4. The molecule has 0 atom stereocenters. The first-order chi connectivity index (χ1) is 8.99. The minimum absolute atomic E-state index is 0.0535. The second-order valence-electron chi connectivity index (χ2n) is 4.07. The van der Waals surface area contributed by atoms with Crippen LogP contribution in [-0.4, -0.2) is 24.7 Å². The number of primary amides is 1. The van der Waals surface area contributed by atoms with Gasteiger partial charge in [-0.15, -0.1) is 0 Å². The number of nitrogens with two attached hydrogens (primary N) is 1. The molecule has 0 saturated carbocycles. The second-order valence-corrected chi connectivity index (χ2v) is 4.07. The van der Waals surface area contributed by atoms with E-state index in [1.54, 1.807) is 23.7 Å². The summed E-state index contributed by atoms with van der Waals surface area (Å²) in [7, 11) is 4.71. The Morgan fingerprint density at radius 1 is 1.21 bits per heavy atom. The molecule has 0 saturated heterocycles. The van der Waals surface area contributed by atoms with E-state index in [-0.39, 0.29) is 5.56 Å². The SMILES string of the molecule is COc1cc2c(=O)c(C(N)=O)cn(C)c2cc1OC. The number of aryl methyl sites for hydroxylation is 1. The number of amides is 1. The van der Waals surface area contributed by atoms with Crippen molar-refractivity contribution in [2.75, 3.05) is 14.2 Å². The number of methoxy groups -OCH3 is 2. The zero-order valence-electron chi connectivity index (χ0n) is 10.9. The summed E-state index contributed by atoms with van der Waals surface area (Å²) in [5.41, 5.74) is 5.36. The van der Waals surface area contributed by atoms with Gasteiger partial charge in [0.05, 0.1) is 25.1 Å². The maximum atomic E-state index is 12.2. The predicted molar refractivity (Wildman–Crippen MR) is 70.8 cm³/mol. The average Bonchev–Trinajstić information content (AvgIpc) is 2.40. The fraction of sp³-hybridized carbons (Fsp3) is 0.231. The number of ether oxygens (including phenoxy) is 2. The molecule has 1 aromatic heterocycles. The molecule has 6 heteroatoms. The fourth-order valence-electron chi connectivity index (χ4n) is 1.98. The lowest BCUT2D eigenvalue weighted by Gasteiger charge is -2.12. The van der Waals surface area contributed by atoms with Crippen LogP contribution in [0.5, 0.6) is 11.5 Å². The van der Waals surface area contributed by atoms with Crippen molar-refractivity contribution in [3.8, 4) is 11.5 Å². The van der Waals surface area contributed by atoms with E-state index in [2.05, 4.69) is 0 Å². The van der Waals surface area contributed by atoms with Crippen LogP contribution in [0.25, 0.3) is 10.9 Å². The van der Waals surface area contributed by atoms with E-state index in [0.29, 0.717) is 22.4 Å². The van der Waals surface area contributed by atoms with Crippen molar-refractivity contribution in [2.45, 2.75) is 0 Å². The van der Waals surface area contributed by atoms with Crippen molar-refractivity contribution in [3.63, 3.8) is 0 Å². The molecule has 0 bridgehead atoms. The normalized spacial score (nSPS) is 10.5. The maximum Gasteiger partial charge on any atom is 0.254 e. The van der Waals surface area contributed by atoms with Crippen molar-refractivity contribution in [2.24, 2.45) is 12.8 Å². The van der Waals surface area contributed by atoms with E-state index in [0.717, 1.165) is 0 Å². The van der Waals surface area contributed by atoms with Crippen molar-refractivity contribution >= 4 is 16.8 Å². The molecule has 1 aromatic carbocycles. The van der Waals surface area contributed by atoms with Crippen LogP contribution in [0.15, 0.2) is 23.1 Å². The Bertz CT molecular complexity index is 719. The lowest BCUT2D eigenvalue weighted by atomic mass is 10.1.